The lowest BCUT2D eigenvalue weighted by Crippen LogP contribution is -2.38. The van der Waals surface area contributed by atoms with E-state index in [2.05, 4.69) is 20.2 Å². The van der Waals surface area contributed by atoms with Crippen LogP contribution in [0.1, 0.15) is 16.5 Å². The van der Waals surface area contributed by atoms with Crippen LogP contribution in [-0.2, 0) is 9.53 Å². The van der Waals surface area contributed by atoms with Crippen LogP contribution in [0.25, 0.3) is 10.3 Å². The summed E-state index contributed by atoms with van der Waals surface area (Å²) in [5.74, 6) is 0.315. The number of amides is 1. The maximum atomic E-state index is 12.5. The Labute approximate surface area is 166 Å². The van der Waals surface area contributed by atoms with E-state index in [1.807, 2.05) is 30.3 Å². The summed E-state index contributed by atoms with van der Waals surface area (Å²) in [7, 11) is 0. The Hall–Kier alpha value is -2.55. The molecular formula is C20H20N4O3S. The van der Waals surface area contributed by atoms with Crippen LogP contribution in [0.3, 0.4) is 0 Å². The van der Waals surface area contributed by atoms with Crippen molar-refractivity contribution in [2.75, 3.05) is 44.8 Å². The van der Waals surface area contributed by atoms with Crippen LogP contribution in [0.5, 0.6) is 5.75 Å². The number of benzene rings is 1. The highest BCUT2D eigenvalue weighted by atomic mass is 32.1. The molecule has 28 heavy (non-hydrogen) atoms. The number of para-hydroxylation sites is 1. The lowest BCUT2D eigenvalue weighted by Gasteiger charge is -2.26. The van der Waals surface area contributed by atoms with Crippen molar-refractivity contribution in [3.63, 3.8) is 0 Å². The Kier molecular flexibility index (Phi) is 4.67. The average Bonchev–Trinajstić information content (AvgIpc) is 3.27. The van der Waals surface area contributed by atoms with E-state index < -0.39 is 0 Å². The van der Waals surface area contributed by atoms with Gasteiger partial charge in [0.1, 0.15) is 23.3 Å². The molecule has 7 nitrogen and oxygen atoms in total. The molecule has 0 bridgehead atoms. The molecule has 0 spiro atoms. The van der Waals surface area contributed by atoms with Gasteiger partial charge in [0.05, 0.1) is 24.1 Å². The van der Waals surface area contributed by atoms with Gasteiger partial charge in [0.2, 0.25) is 5.91 Å². The Bertz CT molecular complexity index is 1020. The van der Waals surface area contributed by atoms with Gasteiger partial charge in [0, 0.05) is 31.4 Å². The van der Waals surface area contributed by atoms with Crippen molar-refractivity contribution in [2.45, 2.75) is 5.92 Å². The van der Waals surface area contributed by atoms with E-state index in [1.165, 1.54) is 11.3 Å². The highest BCUT2D eigenvalue weighted by Gasteiger charge is 2.34. The molecule has 144 valence electrons. The first kappa shape index (κ1) is 17.5. The van der Waals surface area contributed by atoms with Gasteiger partial charge in [0.25, 0.3) is 0 Å². The van der Waals surface area contributed by atoms with Crippen molar-refractivity contribution in [1.82, 2.24) is 14.9 Å². The van der Waals surface area contributed by atoms with Gasteiger partial charge in [0.15, 0.2) is 5.65 Å². The molecule has 1 saturated heterocycles. The zero-order valence-corrected chi connectivity index (χ0v) is 16.1. The molecule has 1 N–H and O–H groups in total. The Morgan fingerprint density at radius 3 is 3.04 bits per heavy atom. The SMILES string of the molecule is O=C1Nc2ccccc2C1c1nc2ncc(OCCN3CCOCC3)cc2s1. The average molecular weight is 396 g/mol. The predicted octanol–water partition coefficient (Wildman–Crippen LogP) is 2.49. The number of ether oxygens (including phenoxy) is 2. The third-order valence-electron chi connectivity index (χ3n) is 5.06. The van der Waals surface area contributed by atoms with Crippen molar-refractivity contribution in [3.8, 4) is 5.75 Å². The van der Waals surface area contributed by atoms with Gasteiger partial charge in [-0.05, 0) is 11.6 Å². The number of nitrogens with zero attached hydrogens (tertiary/aromatic N) is 3. The van der Waals surface area contributed by atoms with Crippen LogP contribution in [0, 0.1) is 0 Å². The maximum Gasteiger partial charge on any atom is 0.238 e. The number of anilines is 1. The predicted molar refractivity (Wildman–Crippen MR) is 107 cm³/mol. The first-order valence-electron chi connectivity index (χ1n) is 9.37. The normalized spacial score (nSPS) is 19.6. The van der Waals surface area contributed by atoms with Crippen molar-refractivity contribution in [3.05, 3.63) is 47.1 Å². The fourth-order valence-electron chi connectivity index (χ4n) is 3.59. The number of carbonyl (C=O) groups excluding carboxylic acids is 1. The second kappa shape index (κ2) is 7.46. The van der Waals surface area contributed by atoms with Gasteiger partial charge in [-0.2, -0.15) is 0 Å². The molecular weight excluding hydrogens is 376 g/mol. The van der Waals surface area contributed by atoms with Gasteiger partial charge >= 0.3 is 0 Å². The van der Waals surface area contributed by atoms with Crippen molar-refractivity contribution >= 4 is 33.3 Å². The minimum atomic E-state index is -0.374. The summed E-state index contributed by atoms with van der Waals surface area (Å²) in [5, 5.41) is 3.69. The molecule has 8 heteroatoms. The molecule has 2 aliphatic rings. The van der Waals surface area contributed by atoms with Crippen molar-refractivity contribution < 1.29 is 14.3 Å². The third kappa shape index (κ3) is 3.34. The first-order chi connectivity index (χ1) is 13.8. The summed E-state index contributed by atoms with van der Waals surface area (Å²) >= 11 is 1.50. The fraction of sp³-hybridized carbons (Fsp3) is 0.350. The van der Waals surface area contributed by atoms with Crippen LogP contribution in [0.15, 0.2) is 36.5 Å². The molecule has 1 unspecified atom stereocenters. The molecule has 0 aliphatic carbocycles. The highest BCUT2D eigenvalue weighted by molar-refractivity contribution is 7.18. The summed E-state index contributed by atoms with van der Waals surface area (Å²) in [6, 6.07) is 9.71. The number of carbonyl (C=O) groups is 1. The number of fused-ring (bicyclic) bond motifs is 2. The lowest BCUT2D eigenvalue weighted by atomic mass is 10.0. The Balaban J connectivity index is 1.32. The largest absolute Gasteiger partial charge is 0.491 e. The number of hydrogen-bond acceptors (Lipinski definition) is 7. The van der Waals surface area contributed by atoms with Crippen LogP contribution in [0.2, 0.25) is 0 Å². The fourth-order valence-corrected chi connectivity index (χ4v) is 4.67. The van der Waals surface area contributed by atoms with Gasteiger partial charge in [-0.15, -0.1) is 11.3 Å². The zero-order chi connectivity index (χ0) is 18.9. The van der Waals surface area contributed by atoms with Gasteiger partial charge in [-0.3, -0.25) is 9.69 Å². The molecule has 0 saturated carbocycles. The van der Waals surface area contributed by atoms with E-state index in [0.717, 1.165) is 59.6 Å². The summed E-state index contributed by atoms with van der Waals surface area (Å²) in [6.45, 7) is 4.95. The second-order valence-corrected chi connectivity index (χ2v) is 7.92. The van der Waals surface area contributed by atoms with Crippen LogP contribution < -0.4 is 10.1 Å². The lowest BCUT2D eigenvalue weighted by molar-refractivity contribution is -0.116. The second-order valence-electron chi connectivity index (χ2n) is 6.86. The van der Waals surface area contributed by atoms with Gasteiger partial charge in [-0.1, -0.05) is 18.2 Å². The molecule has 4 heterocycles. The van der Waals surface area contributed by atoms with Gasteiger partial charge < -0.3 is 14.8 Å². The molecule has 1 fully saturated rings. The van der Waals surface area contributed by atoms with E-state index in [1.54, 1.807) is 6.20 Å². The van der Waals surface area contributed by atoms with Crippen LogP contribution in [-0.4, -0.2) is 60.2 Å². The van der Waals surface area contributed by atoms with E-state index >= 15 is 0 Å². The van der Waals surface area contributed by atoms with E-state index in [0.29, 0.717) is 12.3 Å². The summed E-state index contributed by atoms with van der Waals surface area (Å²) in [5.41, 5.74) is 2.48. The summed E-state index contributed by atoms with van der Waals surface area (Å²) in [6.07, 6.45) is 1.70. The number of morpholine rings is 1. The Morgan fingerprint density at radius 2 is 2.14 bits per heavy atom. The molecule has 2 aliphatic heterocycles. The summed E-state index contributed by atoms with van der Waals surface area (Å²) in [4.78, 5) is 23.8. The monoisotopic (exact) mass is 396 g/mol. The molecule has 1 aromatic carbocycles. The third-order valence-corrected chi connectivity index (χ3v) is 6.11. The minimum absolute atomic E-state index is 0.0396. The quantitative estimate of drug-likeness (QED) is 0.714. The molecule has 3 aromatic rings. The van der Waals surface area contributed by atoms with Crippen LogP contribution in [0.4, 0.5) is 5.69 Å². The Morgan fingerprint density at radius 1 is 1.29 bits per heavy atom. The number of aromatic nitrogens is 2. The topological polar surface area (TPSA) is 76.6 Å². The van der Waals surface area contributed by atoms with Crippen molar-refractivity contribution in [1.29, 1.82) is 0 Å². The number of hydrogen-bond donors (Lipinski definition) is 1. The minimum Gasteiger partial charge on any atom is -0.491 e. The number of pyridine rings is 1. The number of nitrogens with one attached hydrogen (secondary N) is 1. The molecule has 0 radical (unpaired) electrons. The summed E-state index contributed by atoms with van der Waals surface area (Å²) < 4.78 is 12.2. The van der Waals surface area contributed by atoms with Gasteiger partial charge in [-0.25, -0.2) is 9.97 Å². The highest BCUT2D eigenvalue weighted by Crippen LogP contribution is 2.39. The zero-order valence-electron chi connectivity index (χ0n) is 15.3. The van der Waals surface area contributed by atoms with Crippen molar-refractivity contribution in [2.24, 2.45) is 0 Å². The van der Waals surface area contributed by atoms with Crippen LogP contribution >= 0.6 is 11.3 Å². The molecule has 1 amide bonds. The smallest absolute Gasteiger partial charge is 0.238 e. The van der Waals surface area contributed by atoms with E-state index in [-0.39, 0.29) is 11.8 Å². The maximum absolute atomic E-state index is 12.5. The molecule has 1 atom stereocenters. The first-order valence-corrected chi connectivity index (χ1v) is 10.2. The number of thiazole rings is 1. The molecule has 5 rings (SSSR count). The standard InChI is InChI=1S/C20H20N4O3S/c25-19-17(14-3-1-2-4-15(14)22-19)20-23-18-16(28-20)11-13(12-21-18)27-10-7-24-5-8-26-9-6-24/h1-4,11-12,17H,5-10H2,(H,22,25). The van der Waals surface area contributed by atoms with E-state index in [9.17, 15) is 4.79 Å². The molecule has 2 aromatic heterocycles. The van der Waals surface area contributed by atoms with E-state index in [4.69, 9.17) is 9.47 Å². The number of rotatable bonds is 5.